The summed E-state index contributed by atoms with van der Waals surface area (Å²) in [5.41, 5.74) is 6.87. The summed E-state index contributed by atoms with van der Waals surface area (Å²) in [6.45, 7) is 0.285. The molecule has 1 atom stereocenters. The molecule has 0 saturated carbocycles. The minimum absolute atomic E-state index is 0.00871. The van der Waals surface area contributed by atoms with Gasteiger partial charge in [-0.15, -0.1) is 0 Å². The van der Waals surface area contributed by atoms with Gasteiger partial charge in [0.25, 0.3) is 0 Å². The quantitative estimate of drug-likeness (QED) is 0.710. The van der Waals surface area contributed by atoms with Gasteiger partial charge in [0.05, 0.1) is 16.7 Å². The summed E-state index contributed by atoms with van der Waals surface area (Å²) in [6, 6.07) is 17.2. The zero-order chi connectivity index (χ0) is 17.4. The second-order valence-electron chi connectivity index (χ2n) is 5.57. The van der Waals surface area contributed by atoms with Crippen molar-refractivity contribution in [3.05, 3.63) is 66.2 Å². The molecule has 0 radical (unpaired) electrons. The van der Waals surface area contributed by atoms with E-state index >= 15 is 0 Å². The lowest BCUT2D eigenvalue weighted by Gasteiger charge is -2.12. The van der Waals surface area contributed by atoms with Crippen LogP contribution in [0.3, 0.4) is 0 Å². The van der Waals surface area contributed by atoms with E-state index in [0.717, 1.165) is 5.56 Å². The van der Waals surface area contributed by atoms with Gasteiger partial charge in [0.15, 0.2) is 9.84 Å². The summed E-state index contributed by atoms with van der Waals surface area (Å²) < 4.78 is 24.2. The molecular weight excluding hydrogens is 324 g/mol. The third-order valence-electron chi connectivity index (χ3n) is 3.63. The van der Waals surface area contributed by atoms with Crippen LogP contribution in [-0.4, -0.2) is 32.7 Å². The number of nitrogens with one attached hydrogen (secondary N) is 1. The Bertz CT molecular complexity index is 746. The number of rotatable bonds is 8. The second-order valence-corrected chi connectivity index (χ2v) is 7.68. The van der Waals surface area contributed by atoms with Gasteiger partial charge in [0, 0.05) is 6.54 Å². The molecule has 2 rings (SSSR count). The monoisotopic (exact) mass is 346 g/mol. The zero-order valence-electron chi connectivity index (χ0n) is 13.4. The first-order valence-corrected chi connectivity index (χ1v) is 9.49. The zero-order valence-corrected chi connectivity index (χ0v) is 14.2. The maximum atomic E-state index is 12.1. The largest absolute Gasteiger partial charge is 0.355 e. The first-order chi connectivity index (χ1) is 11.5. The Kier molecular flexibility index (Phi) is 6.52. The predicted octanol–water partition coefficient (Wildman–Crippen LogP) is 1.54. The fraction of sp³-hybridized carbons (Fsp3) is 0.278. The molecule has 6 heteroatoms. The first-order valence-electron chi connectivity index (χ1n) is 7.84. The summed E-state index contributed by atoms with van der Waals surface area (Å²) in [4.78, 5) is 12.3. The Labute approximate surface area is 142 Å². The molecule has 128 valence electrons. The van der Waals surface area contributed by atoms with E-state index < -0.39 is 15.9 Å². The highest BCUT2D eigenvalue weighted by Crippen LogP contribution is 2.10. The molecule has 2 aromatic carbocycles. The molecule has 0 heterocycles. The van der Waals surface area contributed by atoms with Crippen molar-refractivity contribution in [1.82, 2.24) is 5.32 Å². The Hall–Kier alpha value is -2.18. The Balaban J connectivity index is 1.74. The highest BCUT2D eigenvalue weighted by Gasteiger charge is 2.15. The molecule has 0 aliphatic heterocycles. The van der Waals surface area contributed by atoms with E-state index in [1.807, 2.05) is 30.3 Å². The van der Waals surface area contributed by atoms with Crippen LogP contribution in [0.4, 0.5) is 0 Å². The fourth-order valence-electron chi connectivity index (χ4n) is 2.31. The average Bonchev–Trinajstić information content (AvgIpc) is 2.60. The number of carbonyl (C=O) groups excluding carboxylic acids is 1. The molecule has 2 aromatic rings. The van der Waals surface area contributed by atoms with Gasteiger partial charge in [0.1, 0.15) is 0 Å². The highest BCUT2D eigenvalue weighted by molar-refractivity contribution is 7.91. The lowest BCUT2D eigenvalue weighted by Crippen LogP contribution is -2.42. The van der Waals surface area contributed by atoms with Gasteiger partial charge in [-0.05, 0) is 30.5 Å². The minimum Gasteiger partial charge on any atom is -0.355 e. The van der Waals surface area contributed by atoms with Crippen LogP contribution in [0.1, 0.15) is 12.0 Å². The molecular formula is C18H22N2O3S. The smallest absolute Gasteiger partial charge is 0.237 e. The van der Waals surface area contributed by atoms with Gasteiger partial charge in [-0.3, -0.25) is 4.79 Å². The van der Waals surface area contributed by atoms with Crippen molar-refractivity contribution in [2.24, 2.45) is 5.73 Å². The molecule has 0 aliphatic rings. The van der Waals surface area contributed by atoms with E-state index in [2.05, 4.69) is 5.32 Å². The number of hydrogen-bond donors (Lipinski definition) is 2. The standard InChI is InChI=1S/C18H22N2O3S/c19-17(14-15-8-3-1-4-9-15)18(21)20-12-7-13-24(22,23)16-10-5-2-6-11-16/h1-6,8-11,17H,7,12-14,19H2,(H,20,21)/t17-/m0/s1. The number of benzene rings is 2. The third kappa shape index (κ3) is 5.47. The SMILES string of the molecule is N[C@@H](Cc1ccccc1)C(=O)NCCCS(=O)(=O)c1ccccc1. The maximum absolute atomic E-state index is 12.1. The van der Waals surface area contributed by atoms with Gasteiger partial charge in [-0.2, -0.15) is 0 Å². The van der Waals surface area contributed by atoms with Crippen LogP contribution >= 0.6 is 0 Å². The summed E-state index contributed by atoms with van der Waals surface area (Å²) in [5.74, 6) is -0.276. The normalized spacial score (nSPS) is 12.5. The van der Waals surface area contributed by atoms with E-state index in [1.165, 1.54) is 0 Å². The van der Waals surface area contributed by atoms with Crippen LogP contribution in [0, 0.1) is 0 Å². The average molecular weight is 346 g/mol. The van der Waals surface area contributed by atoms with E-state index in [4.69, 9.17) is 5.73 Å². The van der Waals surface area contributed by atoms with Crippen LogP contribution in [0.5, 0.6) is 0 Å². The molecule has 0 aliphatic carbocycles. The highest BCUT2D eigenvalue weighted by atomic mass is 32.2. The van der Waals surface area contributed by atoms with Crippen LogP contribution in [0.25, 0.3) is 0 Å². The number of amides is 1. The molecule has 0 saturated heterocycles. The molecule has 0 aromatic heterocycles. The molecule has 0 spiro atoms. The number of hydrogen-bond acceptors (Lipinski definition) is 4. The molecule has 0 unspecified atom stereocenters. The van der Waals surface area contributed by atoms with E-state index in [1.54, 1.807) is 30.3 Å². The van der Waals surface area contributed by atoms with Gasteiger partial charge >= 0.3 is 0 Å². The molecule has 5 nitrogen and oxygen atoms in total. The third-order valence-corrected chi connectivity index (χ3v) is 5.44. The van der Waals surface area contributed by atoms with E-state index in [9.17, 15) is 13.2 Å². The second kappa shape index (κ2) is 8.61. The van der Waals surface area contributed by atoms with Crippen molar-refractivity contribution < 1.29 is 13.2 Å². The molecule has 24 heavy (non-hydrogen) atoms. The van der Waals surface area contributed by atoms with Crippen molar-refractivity contribution in [3.8, 4) is 0 Å². The molecule has 1 amide bonds. The maximum Gasteiger partial charge on any atom is 0.237 e. The van der Waals surface area contributed by atoms with Crippen molar-refractivity contribution >= 4 is 15.7 Å². The summed E-state index contributed by atoms with van der Waals surface area (Å²) in [5, 5.41) is 2.70. The van der Waals surface area contributed by atoms with Gasteiger partial charge < -0.3 is 11.1 Å². The van der Waals surface area contributed by atoms with Crippen LogP contribution < -0.4 is 11.1 Å². The van der Waals surface area contributed by atoms with E-state index in [-0.39, 0.29) is 18.2 Å². The van der Waals surface area contributed by atoms with Crippen LogP contribution in [0.2, 0.25) is 0 Å². The van der Waals surface area contributed by atoms with Crippen molar-refractivity contribution in [3.63, 3.8) is 0 Å². The van der Waals surface area contributed by atoms with Gasteiger partial charge in [0.2, 0.25) is 5.91 Å². The van der Waals surface area contributed by atoms with Crippen molar-refractivity contribution in [2.45, 2.75) is 23.8 Å². The Morgan fingerprint density at radius 1 is 1.00 bits per heavy atom. The predicted molar refractivity (Wildman–Crippen MR) is 94.2 cm³/mol. The van der Waals surface area contributed by atoms with E-state index in [0.29, 0.717) is 17.7 Å². The lowest BCUT2D eigenvalue weighted by molar-refractivity contribution is -0.122. The molecule has 0 fully saturated rings. The minimum atomic E-state index is -3.31. The van der Waals surface area contributed by atoms with Crippen LogP contribution in [-0.2, 0) is 21.1 Å². The molecule has 3 N–H and O–H groups in total. The Morgan fingerprint density at radius 3 is 2.21 bits per heavy atom. The number of sulfone groups is 1. The first kappa shape index (κ1) is 18.2. The summed E-state index contributed by atoms with van der Waals surface area (Å²) in [7, 11) is -3.31. The molecule has 0 bridgehead atoms. The summed E-state index contributed by atoms with van der Waals surface area (Å²) >= 11 is 0. The van der Waals surface area contributed by atoms with Crippen molar-refractivity contribution in [1.29, 1.82) is 0 Å². The number of nitrogens with two attached hydrogens (primary N) is 1. The van der Waals surface area contributed by atoms with Crippen molar-refractivity contribution in [2.75, 3.05) is 12.3 Å². The van der Waals surface area contributed by atoms with Crippen LogP contribution in [0.15, 0.2) is 65.6 Å². The summed E-state index contributed by atoms with van der Waals surface area (Å²) in [6.07, 6.45) is 0.802. The lowest BCUT2D eigenvalue weighted by atomic mass is 10.1. The fourth-order valence-corrected chi connectivity index (χ4v) is 3.64. The Morgan fingerprint density at radius 2 is 1.58 bits per heavy atom. The number of carbonyl (C=O) groups is 1. The topological polar surface area (TPSA) is 89.3 Å². The van der Waals surface area contributed by atoms with Gasteiger partial charge in [-0.1, -0.05) is 48.5 Å². The van der Waals surface area contributed by atoms with Gasteiger partial charge in [-0.25, -0.2) is 8.42 Å².